The number of likely N-dealkylation sites (tertiary alicyclic amines) is 4. The van der Waals surface area contributed by atoms with Gasteiger partial charge in [-0.15, -0.1) is 0 Å². The van der Waals surface area contributed by atoms with Crippen LogP contribution in [-0.2, 0) is 32.3 Å². The first-order valence-electron chi connectivity index (χ1n) is 21.0. The van der Waals surface area contributed by atoms with Crippen molar-refractivity contribution >= 4 is 34.4 Å². The molecule has 5 fully saturated rings. The third kappa shape index (κ3) is 6.21. The number of carbonyl (C=O) groups excluding carboxylic acids is 4. The van der Waals surface area contributed by atoms with E-state index in [1.165, 1.54) is 11.1 Å². The monoisotopic (exact) mass is 762 g/mol. The normalized spacial score (nSPS) is 28.8. The van der Waals surface area contributed by atoms with E-state index in [9.17, 15) is 24.3 Å². The van der Waals surface area contributed by atoms with E-state index in [1.54, 1.807) is 15.9 Å². The number of hydrogen-bond acceptors (Lipinski definition) is 7. The standard InChI is InChI=1S/C48H50N4O5/c53-40-18-15-32-13-7-8-14-35(32)42(40)43-36-16-17-37-41(47(56)51(45(37)54)33-19-23-49(24-20-33)28-30-9-3-1-4-10-30)38(36)27-39-44(43)48(57)52(46(39)55)34-21-25-50(26-22-34)29-31-11-5-2-6-12-31/h1-16,18,33-34,37-39,41,43-44,53H,17,19-29H2/t37-,38+,39+,41-,43+,44+/m0/s1. The molecule has 0 aromatic heterocycles. The summed E-state index contributed by atoms with van der Waals surface area (Å²) in [6.45, 7) is 4.87. The van der Waals surface area contributed by atoms with Crippen LogP contribution in [-0.4, -0.2) is 86.6 Å². The van der Waals surface area contributed by atoms with Crippen molar-refractivity contribution in [2.24, 2.45) is 29.6 Å². The van der Waals surface area contributed by atoms with E-state index < -0.39 is 29.6 Å². The fourth-order valence-corrected chi connectivity index (χ4v) is 11.6. The van der Waals surface area contributed by atoms with Crippen LogP contribution in [0.25, 0.3) is 10.8 Å². The van der Waals surface area contributed by atoms with Gasteiger partial charge in [0.2, 0.25) is 23.6 Å². The lowest BCUT2D eigenvalue weighted by Crippen LogP contribution is -2.48. The number of phenolic OH excluding ortho intramolecular Hbond substituents is 1. The van der Waals surface area contributed by atoms with Gasteiger partial charge in [0.25, 0.3) is 0 Å². The number of benzene rings is 4. The molecule has 9 heteroatoms. The van der Waals surface area contributed by atoms with Crippen molar-refractivity contribution in [3.8, 4) is 5.75 Å². The second kappa shape index (κ2) is 14.7. The van der Waals surface area contributed by atoms with Crippen LogP contribution >= 0.6 is 0 Å². The molecule has 0 unspecified atom stereocenters. The Bertz CT molecular complexity index is 2240. The van der Waals surface area contributed by atoms with Crippen LogP contribution in [0, 0.1) is 29.6 Å². The minimum atomic E-state index is -0.687. The number of allylic oxidation sites excluding steroid dienone is 2. The molecular formula is C48H50N4O5. The van der Waals surface area contributed by atoms with Gasteiger partial charge in [-0.25, -0.2) is 0 Å². The van der Waals surface area contributed by atoms with Gasteiger partial charge in [0.1, 0.15) is 5.75 Å². The highest BCUT2D eigenvalue weighted by molar-refractivity contribution is 6.08. The lowest BCUT2D eigenvalue weighted by molar-refractivity contribution is -0.146. The predicted octanol–water partition coefficient (Wildman–Crippen LogP) is 6.51. The number of piperidine rings is 2. The Morgan fingerprint density at radius 3 is 1.67 bits per heavy atom. The fourth-order valence-electron chi connectivity index (χ4n) is 11.6. The van der Waals surface area contributed by atoms with Gasteiger partial charge in [0.15, 0.2) is 0 Å². The Labute approximate surface area is 333 Å². The Morgan fingerprint density at radius 2 is 1.07 bits per heavy atom. The van der Waals surface area contributed by atoms with Gasteiger partial charge in [-0.3, -0.25) is 38.8 Å². The van der Waals surface area contributed by atoms with E-state index >= 15 is 0 Å². The summed E-state index contributed by atoms with van der Waals surface area (Å²) in [5, 5.41) is 13.5. The van der Waals surface area contributed by atoms with Gasteiger partial charge < -0.3 is 5.11 Å². The maximum atomic E-state index is 14.9. The number of carbonyl (C=O) groups is 4. The molecule has 2 aliphatic carbocycles. The number of amides is 4. The molecular weight excluding hydrogens is 713 g/mol. The first-order valence-corrected chi connectivity index (χ1v) is 21.0. The average Bonchev–Trinajstić information content (AvgIpc) is 3.65. The van der Waals surface area contributed by atoms with Crippen molar-refractivity contribution < 1.29 is 24.3 Å². The number of hydrogen-bond donors (Lipinski definition) is 1. The molecule has 4 saturated heterocycles. The predicted molar refractivity (Wildman–Crippen MR) is 216 cm³/mol. The molecule has 292 valence electrons. The molecule has 6 aliphatic rings. The SMILES string of the molecule is O=C1[C@H]2[C@H](CC=C3[C@H]2C[C@H]2C(=O)N(C4CCN(Cc5ccccc5)CC4)C(=O)[C@H]2[C@H]3c2c(O)ccc3ccccc23)C(=O)N1C1CCN(Cc2ccccc2)CC1. The maximum absolute atomic E-state index is 14.9. The summed E-state index contributed by atoms with van der Waals surface area (Å²) < 4.78 is 0. The largest absolute Gasteiger partial charge is 0.508 e. The Kier molecular flexibility index (Phi) is 9.33. The number of fused-ring (bicyclic) bond motifs is 5. The quantitative estimate of drug-likeness (QED) is 0.169. The molecule has 10 rings (SSSR count). The molecule has 57 heavy (non-hydrogen) atoms. The molecule has 0 radical (unpaired) electrons. The zero-order valence-corrected chi connectivity index (χ0v) is 32.3. The smallest absolute Gasteiger partial charge is 0.234 e. The molecule has 1 saturated carbocycles. The molecule has 6 atom stereocenters. The van der Waals surface area contributed by atoms with Gasteiger partial charge in [-0.2, -0.15) is 0 Å². The highest BCUT2D eigenvalue weighted by atomic mass is 16.3. The van der Waals surface area contributed by atoms with Gasteiger partial charge >= 0.3 is 0 Å². The van der Waals surface area contributed by atoms with Crippen LogP contribution in [0.3, 0.4) is 0 Å². The molecule has 1 N–H and O–H groups in total. The molecule has 9 nitrogen and oxygen atoms in total. The molecule has 4 heterocycles. The summed E-state index contributed by atoms with van der Waals surface area (Å²) in [6, 6.07) is 31.9. The summed E-state index contributed by atoms with van der Waals surface area (Å²) in [5.41, 5.74) is 4.08. The Balaban J connectivity index is 0.948. The number of rotatable bonds is 7. The lowest BCUT2D eigenvalue weighted by atomic mass is 9.56. The second-order valence-electron chi connectivity index (χ2n) is 17.3. The number of imide groups is 2. The van der Waals surface area contributed by atoms with Crippen LogP contribution in [0.1, 0.15) is 61.1 Å². The van der Waals surface area contributed by atoms with E-state index in [-0.39, 0.29) is 47.4 Å². The van der Waals surface area contributed by atoms with E-state index in [2.05, 4.69) is 52.3 Å². The van der Waals surface area contributed by atoms with Crippen LogP contribution in [0.4, 0.5) is 0 Å². The van der Waals surface area contributed by atoms with Gasteiger partial charge in [-0.1, -0.05) is 103 Å². The summed E-state index contributed by atoms with van der Waals surface area (Å²) in [4.78, 5) is 66.7. The number of nitrogens with zero attached hydrogens (tertiary/aromatic N) is 4. The maximum Gasteiger partial charge on any atom is 0.234 e. The zero-order valence-electron chi connectivity index (χ0n) is 32.3. The van der Waals surface area contributed by atoms with Crippen LogP contribution in [0.5, 0.6) is 5.75 Å². The zero-order chi connectivity index (χ0) is 38.8. The van der Waals surface area contributed by atoms with Crippen molar-refractivity contribution in [2.75, 3.05) is 26.2 Å². The molecule has 4 aromatic carbocycles. The lowest BCUT2D eigenvalue weighted by Gasteiger charge is -2.44. The first kappa shape index (κ1) is 36.2. The van der Waals surface area contributed by atoms with Crippen molar-refractivity contribution in [3.63, 3.8) is 0 Å². The third-order valence-electron chi connectivity index (χ3n) is 14.3. The summed E-state index contributed by atoms with van der Waals surface area (Å²) >= 11 is 0. The van der Waals surface area contributed by atoms with Gasteiger partial charge in [0.05, 0.1) is 23.7 Å². The first-order chi connectivity index (χ1) is 27.9. The molecule has 0 spiro atoms. The highest BCUT2D eigenvalue weighted by Gasteiger charge is 2.63. The van der Waals surface area contributed by atoms with Gasteiger partial charge in [0, 0.05) is 62.8 Å². The molecule has 4 aromatic rings. The highest BCUT2D eigenvalue weighted by Crippen LogP contribution is 2.60. The van der Waals surface area contributed by atoms with Crippen molar-refractivity contribution in [1.82, 2.24) is 19.6 Å². The van der Waals surface area contributed by atoms with E-state index in [0.29, 0.717) is 31.2 Å². The van der Waals surface area contributed by atoms with Crippen LogP contribution in [0.2, 0.25) is 0 Å². The summed E-state index contributed by atoms with van der Waals surface area (Å²) in [5.74, 6) is -3.80. The number of aromatic hydroxyl groups is 1. The van der Waals surface area contributed by atoms with Crippen LogP contribution in [0.15, 0.2) is 109 Å². The summed E-state index contributed by atoms with van der Waals surface area (Å²) in [7, 11) is 0. The minimum absolute atomic E-state index is 0.0896. The third-order valence-corrected chi connectivity index (χ3v) is 14.3. The van der Waals surface area contributed by atoms with Crippen molar-refractivity contribution in [2.45, 2.75) is 69.6 Å². The molecule has 4 amide bonds. The molecule has 0 bridgehead atoms. The van der Waals surface area contributed by atoms with Crippen molar-refractivity contribution in [3.05, 3.63) is 125 Å². The summed E-state index contributed by atoms with van der Waals surface area (Å²) in [6.07, 6.45) is 5.75. The fraction of sp³-hybridized carbons (Fsp3) is 0.417. The van der Waals surface area contributed by atoms with Crippen LogP contribution < -0.4 is 0 Å². The molecule has 4 aliphatic heterocycles. The Morgan fingerprint density at radius 1 is 0.544 bits per heavy atom. The second-order valence-corrected chi connectivity index (χ2v) is 17.3. The van der Waals surface area contributed by atoms with E-state index in [1.807, 2.05) is 54.6 Å². The van der Waals surface area contributed by atoms with E-state index in [4.69, 9.17) is 0 Å². The average molecular weight is 763 g/mol. The topological polar surface area (TPSA) is 101 Å². The van der Waals surface area contributed by atoms with Crippen molar-refractivity contribution in [1.29, 1.82) is 0 Å². The minimum Gasteiger partial charge on any atom is -0.508 e. The van der Waals surface area contributed by atoms with E-state index in [0.717, 1.165) is 68.5 Å². The van der Waals surface area contributed by atoms with Gasteiger partial charge in [-0.05, 0) is 72.4 Å². The Hall–Kier alpha value is -5.12. The number of phenols is 1.